The SMILES string of the molecule is CCCCC[SiH]1CCC(c2cc(F)c(/C(F)=C/Cl)c(F)c2)CC1. The van der Waals surface area contributed by atoms with Gasteiger partial charge in [-0.2, -0.15) is 0 Å². The van der Waals surface area contributed by atoms with Crippen molar-refractivity contribution in [3.63, 3.8) is 0 Å². The molecule has 2 rings (SSSR count). The summed E-state index contributed by atoms with van der Waals surface area (Å²) in [6.07, 6.45) is 5.91. The molecule has 0 N–H and O–H groups in total. The maximum Gasteiger partial charge on any atom is 0.147 e. The molecule has 128 valence electrons. The lowest BCUT2D eigenvalue weighted by molar-refractivity contribution is 0.546. The van der Waals surface area contributed by atoms with Crippen LogP contribution in [0.2, 0.25) is 18.1 Å². The zero-order valence-electron chi connectivity index (χ0n) is 13.6. The molecule has 1 saturated heterocycles. The van der Waals surface area contributed by atoms with Crippen LogP contribution in [0.5, 0.6) is 0 Å². The molecule has 5 heteroatoms. The summed E-state index contributed by atoms with van der Waals surface area (Å²) < 4.78 is 41.4. The molecule has 0 saturated carbocycles. The van der Waals surface area contributed by atoms with E-state index in [1.807, 2.05) is 0 Å². The van der Waals surface area contributed by atoms with Gasteiger partial charge >= 0.3 is 0 Å². The topological polar surface area (TPSA) is 0 Å². The molecule has 0 amide bonds. The van der Waals surface area contributed by atoms with Gasteiger partial charge in [0.2, 0.25) is 0 Å². The fourth-order valence-corrected chi connectivity index (χ4v) is 7.17. The third-order valence-electron chi connectivity index (χ3n) is 4.93. The average Bonchev–Trinajstić information content (AvgIpc) is 2.54. The average molecular weight is 361 g/mol. The Balaban J connectivity index is 2.01. The van der Waals surface area contributed by atoms with Crippen LogP contribution in [0.4, 0.5) is 13.2 Å². The van der Waals surface area contributed by atoms with Crippen molar-refractivity contribution in [2.45, 2.75) is 63.1 Å². The van der Waals surface area contributed by atoms with Gasteiger partial charge < -0.3 is 0 Å². The standard InChI is InChI=1S/C18H24ClF3Si/c1-2-3-4-7-23-8-5-13(6-9-23)14-10-15(20)18(16(21)11-14)17(22)12-19/h10-13,23H,2-9H2,1H3/b17-12-. The number of benzene rings is 1. The number of rotatable bonds is 6. The van der Waals surface area contributed by atoms with Gasteiger partial charge in [0.05, 0.1) is 5.56 Å². The lowest BCUT2D eigenvalue weighted by atomic mass is 9.92. The van der Waals surface area contributed by atoms with Gasteiger partial charge in [-0.15, -0.1) is 0 Å². The van der Waals surface area contributed by atoms with Crippen molar-refractivity contribution >= 4 is 26.2 Å². The molecule has 1 aliphatic heterocycles. The normalized spacial score (nSPS) is 22.4. The van der Waals surface area contributed by atoms with Gasteiger partial charge in [-0.3, -0.25) is 0 Å². The van der Waals surface area contributed by atoms with Crippen molar-refractivity contribution in [1.82, 2.24) is 0 Å². The molecule has 0 bridgehead atoms. The molecular formula is C18H24ClF3Si. The van der Waals surface area contributed by atoms with Gasteiger partial charge in [-0.1, -0.05) is 55.9 Å². The highest BCUT2D eigenvalue weighted by Gasteiger charge is 2.25. The first-order valence-electron chi connectivity index (χ1n) is 8.52. The van der Waals surface area contributed by atoms with Gasteiger partial charge in [0.15, 0.2) is 0 Å². The minimum atomic E-state index is -1.07. The van der Waals surface area contributed by atoms with E-state index >= 15 is 0 Å². The van der Waals surface area contributed by atoms with Crippen molar-refractivity contribution < 1.29 is 13.2 Å². The van der Waals surface area contributed by atoms with Gasteiger partial charge in [-0.05, 0) is 36.5 Å². The fourth-order valence-electron chi connectivity index (χ4n) is 3.58. The highest BCUT2D eigenvalue weighted by atomic mass is 35.5. The maximum atomic E-state index is 14.0. The largest absolute Gasteiger partial charge is 0.206 e. The van der Waals surface area contributed by atoms with E-state index in [1.54, 1.807) is 0 Å². The molecule has 1 aromatic carbocycles. The number of unbranched alkanes of at least 4 members (excludes halogenated alkanes) is 2. The smallest absolute Gasteiger partial charge is 0.147 e. The van der Waals surface area contributed by atoms with E-state index < -0.39 is 31.8 Å². The molecule has 23 heavy (non-hydrogen) atoms. The summed E-state index contributed by atoms with van der Waals surface area (Å²) in [5.74, 6) is -2.60. The third kappa shape index (κ3) is 4.86. The van der Waals surface area contributed by atoms with Crippen molar-refractivity contribution in [1.29, 1.82) is 0 Å². The Morgan fingerprint density at radius 2 is 1.83 bits per heavy atom. The zero-order valence-corrected chi connectivity index (χ0v) is 15.5. The minimum absolute atomic E-state index is 0.200. The monoisotopic (exact) mass is 360 g/mol. The second kappa shape index (κ2) is 8.93. The van der Waals surface area contributed by atoms with Crippen LogP contribution >= 0.6 is 11.6 Å². The highest BCUT2D eigenvalue weighted by molar-refractivity contribution is 6.59. The first-order chi connectivity index (χ1) is 11.1. The maximum absolute atomic E-state index is 14.0. The first-order valence-corrected chi connectivity index (χ1v) is 11.4. The molecule has 0 aliphatic carbocycles. The molecule has 0 radical (unpaired) electrons. The summed E-state index contributed by atoms with van der Waals surface area (Å²) in [5, 5.41) is 0. The van der Waals surface area contributed by atoms with E-state index in [2.05, 4.69) is 6.92 Å². The summed E-state index contributed by atoms with van der Waals surface area (Å²) in [6, 6.07) is 6.45. The van der Waals surface area contributed by atoms with E-state index in [1.165, 1.54) is 49.5 Å². The van der Waals surface area contributed by atoms with Crippen molar-refractivity contribution in [3.05, 3.63) is 40.4 Å². The van der Waals surface area contributed by atoms with E-state index in [0.717, 1.165) is 12.8 Å². The molecule has 0 spiro atoms. The molecule has 1 aromatic rings. The molecule has 0 atom stereocenters. The fraction of sp³-hybridized carbons (Fsp3) is 0.556. The van der Waals surface area contributed by atoms with Crippen LogP contribution < -0.4 is 0 Å². The summed E-state index contributed by atoms with van der Waals surface area (Å²) in [6.45, 7) is 2.22. The van der Waals surface area contributed by atoms with Crippen LogP contribution in [-0.4, -0.2) is 8.80 Å². The lowest BCUT2D eigenvalue weighted by Crippen LogP contribution is -2.20. The van der Waals surface area contributed by atoms with E-state index in [9.17, 15) is 13.2 Å². The predicted octanol–water partition coefficient (Wildman–Crippen LogP) is 6.77. The second-order valence-electron chi connectivity index (χ2n) is 6.53. The zero-order chi connectivity index (χ0) is 16.8. The van der Waals surface area contributed by atoms with Gasteiger partial charge in [-0.25, -0.2) is 13.2 Å². The summed E-state index contributed by atoms with van der Waals surface area (Å²) >= 11 is 5.22. The van der Waals surface area contributed by atoms with Gasteiger partial charge in [0.25, 0.3) is 0 Å². The molecule has 1 fully saturated rings. The molecule has 1 heterocycles. The number of halogens is 4. The molecule has 1 aliphatic rings. The van der Waals surface area contributed by atoms with E-state index in [-0.39, 0.29) is 5.92 Å². The summed E-state index contributed by atoms with van der Waals surface area (Å²) in [7, 11) is -0.650. The Morgan fingerprint density at radius 3 is 2.35 bits per heavy atom. The second-order valence-corrected chi connectivity index (χ2v) is 10.2. The Labute approximate surface area is 143 Å². The number of hydrogen-bond acceptors (Lipinski definition) is 0. The van der Waals surface area contributed by atoms with Crippen LogP contribution in [0.3, 0.4) is 0 Å². The van der Waals surface area contributed by atoms with Crippen molar-refractivity contribution in [2.24, 2.45) is 0 Å². The molecule has 0 nitrogen and oxygen atoms in total. The Hall–Kier alpha value is -0.743. The molecular weight excluding hydrogens is 337 g/mol. The van der Waals surface area contributed by atoms with Crippen LogP contribution in [0.25, 0.3) is 5.83 Å². The van der Waals surface area contributed by atoms with Crippen LogP contribution in [0.1, 0.15) is 56.1 Å². The van der Waals surface area contributed by atoms with Crippen molar-refractivity contribution in [2.75, 3.05) is 0 Å². The van der Waals surface area contributed by atoms with E-state index in [4.69, 9.17) is 11.6 Å². The van der Waals surface area contributed by atoms with Gasteiger partial charge in [0, 0.05) is 14.3 Å². The Bertz CT molecular complexity index is 528. The predicted molar refractivity (Wildman–Crippen MR) is 94.4 cm³/mol. The van der Waals surface area contributed by atoms with Gasteiger partial charge in [0.1, 0.15) is 17.5 Å². The van der Waals surface area contributed by atoms with E-state index in [0.29, 0.717) is 11.1 Å². The third-order valence-corrected chi connectivity index (χ3v) is 8.65. The van der Waals surface area contributed by atoms with Crippen LogP contribution in [-0.2, 0) is 0 Å². The van der Waals surface area contributed by atoms with Crippen molar-refractivity contribution in [3.8, 4) is 0 Å². The lowest BCUT2D eigenvalue weighted by Gasteiger charge is -2.28. The molecule has 0 aromatic heterocycles. The summed E-state index contributed by atoms with van der Waals surface area (Å²) in [4.78, 5) is 0. The minimum Gasteiger partial charge on any atom is -0.206 e. The Kier molecular flexibility index (Phi) is 7.22. The summed E-state index contributed by atoms with van der Waals surface area (Å²) in [5.41, 5.74) is 0.562. The highest BCUT2D eigenvalue weighted by Crippen LogP contribution is 2.37. The quantitative estimate of drug-likeness (QED) is 0.388. The first kappa shape index (κ1) is 18.6. The molecule has 0 unspecified atom stereocenters. The number of hydrogen-bond donors (Lipinski definition) is 0. The van der Waals surface area contributed by atoms with Crippen LogP contribution in [0, 0.1) is 11.6 Å². The van der Waals surface area contributed by atoms with Crippen LogP contribution in [0.15, 0.2) is 17.7 Å². The Morgan fingerprint density at radius 1 is 1.22 bits per heavy atom.